The summed E-state index contributed by atoms with van der Waals surface area (Å²) in [4.78, 5) is 26.7. The SMILES string of the molecule is CN(C)C(=O)c1ccc(N2CCCC2C(N)=O)c(N)c1. The third-order valence-electron chi connectivity index (χ3n) is 3.57. The van der Waals surface area contributed by atoms with Crippen LogP contribution in [0.15, 0.2) is 18.2 Å². The van der Waals surface area contributed by atoms with Crippen LogP contribution in [0.1, 0.15) is 23.2 Å². The molecule has 0 aliphatic carbocycles. The van der Waals surface area contributed by atoms with Gasteiger partial charge in [0.1, 0.15) is 6.04 Å². The minimum atomic E-state index is -0.338. The van der Waals surface area contributed by atoms with E-state index in [1.54, 1.807) is 32.3 Å². The summed E-state index contributed by atoms with van der Waals surface area (Å²) in [6.45, 7) is 0.749. The van der Waals surface area contributed by atoms with Gasteiger partial charge in [-0.3, -0.25) is 9.59 Å². The first-order valence-corrected chi connectivity index (χ1v) is 6.59. The Hall–Kier alpha value is -2.24. The molecule has 2 rings (SSSR count). The van der Waals surface area contributed by atoms with Gasteiger partial charge < -0.3 is 21.3 Å². The van der Waals surface area contributed by atoms with E-state index in [4.69, 9.17) is 11.5 Å². The van der Waals surface area contributed by atoms with Crippen molar-refractivity contribution >= 4 is 23.2 Å². The predicted molar refractivity (Wildman–Crippen MR) is 78.4 cm³/mol. The molecule has 0 spiro atoms. The maximum Gasteiger partial charge on any atom is 0.253 e. The van der Waals surface area contributed by atoms with E-state index in [0.717, 1.165) is 25.1 Å². The average molecular weight is 276 g/mol. The molecular weight excluding hydrogens is 256 g/mol. The second kappa shape index (κ2) is 5.40. The van der Waals surface area contributed by atoms with Gasteiger partial charge in [-0.1, -0.05) is 0 Å². The number of rotatable bonds is 3. The highest BCUT2D eigenvalue weighted by atomic mass is 16.2. The number of benzene rings is 1. The van der Waals surface area contributed by atoms with Crippen LogP contribution in [-0.4, -0.2) is 43.4 Å². The van der Waals surface area contributed by atoms with Crippen molar-refractivity contribution in [2.45, 2.75) is 18.9 Å². The van der Waals surface area contributed by atoms with Crippen LogP contribution >= 0.6 is 0 Å². The molecule has 0 aromatic heterocycles. The molecule has 1 aliphatic heterocycles. The topological polar surface area (TPSA) is 92.7 Å². The first kappa shape index (κ1) is 14.2. The Morgan fingerprint density at radius 2 is 2.05 bits per heavy atom. The van der Waals surface area contributed by atoms with Crippen LogP contribution in [0.3, 0.4) is 0 Å². The Morgan fingerprint density at radius 1 is 1.35 bits per heavy atom. The molecule has 0 bridgehead atoms. The number of carbonyl (C=O) groups excluding carboxylic acids is 2. The van der Waals surface area contributed by atoms with Crippen molar-refractivity contribution < 1.29 is 9.59 Å². The van der Waals surface area contributed by atoms with Crippen molar-refractivity contribution in [3.8, 4) is 0 Å². The highest BCUT2D eigenvalue weighted by molar-refractivity contribution is 5.96. The summed E-state index contributed by atoms with van der Waals surface area (Å²) in [5.74, 6) is -0.438. The fraction of sp³-hybridized carbons (Fsp3) is 0.429. The van der Waals surface area contributed by atoms with Crippen LogP contribution in [-0.2, 0) is 4.79 Å². The summed E-state index contributed by atoms with van der Waals surface area (Å²) >= 11 is 0. The zero-order chi connectivity index (χ0) is 14.9. The van der Waals surface area contributed by atoms with E-state index in [1.807, 2.05) is 4.90 Å². The molecular formula is C14H20N4O2. The quantitative estimate of drug-likeness (QED) is 0.783. The summed E-state index contributed by atoms with van der Waals surface area (Å²) < 4.78 is 0. The van der Waals surface area contributed by atoms with Gasteiger partial charge in [0, 0.05) is 26.2 Å². The molecule has 6 heteroatoms. The van der Waals surface area contributed by atoms with E-state index >= 15 is 0 Å². The van der Waals surface area contributed by atoms with Crippen LogP contribution in [0.2, 0.25) is 0 Å². The van der Waals surface area contributed by atoms with E-state index in [2.05, 4.69) is 0 Å². The Labute approximate surface area is 118 Å². The molecule has 1 fully saturated rings. The second-order valence-electron chi connectivity index (χ2n) is 5.23. The molecule has 1 aromatic carbocycles. The lowest BCUT2D eigenvalue weighted by Gasteiger charge is -2.26. The molecule has 1 aliphatic rings. The van der Waals surface area contributed by atoms with Crippen molar-refractivity contribution in [2.75, 3.05) is 31.3 Å². The number of nitrogens with zero attached hydrogens (tertiary/aromatic N) is 2. The van der Waals surface area contributed by atoms with Gasteiger partial charge in [0.15, 0.2) is 0 Å². The zero-order valence-corrected chi connectivity index (χ0v) is 11.8. The molecule has 1 heterocycles. The largest absolute Gasteiger partial charge is 0.397 e. The first-order chi connectivity index (χ1) is 9.41. The molecule has 1 saturated heterocycles. The lowest BCUT2D eigenvalue weighted by molar-refractivity contribution is -0.119. The molecule has 0 radical (unpaired) electrons. The van der Waals surface area contributed by atoms with Gasteiger partial charge in [-0.25, -0.2) is 0 Å². The lowest BCUT2D eigenvalue weighted by Crippen LogP contribution is -2.40. The Bertz CT molecular complexity index is 542. The molecule has 1 aromatic rings. The molecule has 20 heavy (non-hydrogen) atoms. The number of amides is 2. The third kappa shape index (κ3) is 2.54. The van der Waals surface area contributed by atoms with Gasteiger partial charge in [-0.15, -0.1) is 0 Å². The summed E-state index contributed by atoms with van der Waals surface area (Å²) in [7, 11) is 3.38. The van der Waals surface area contributed by atoms with Crippen molar-refractivity contribution in [1.82, 2.24) is 4.90 Å². The normalized spacial score (nSPS) is 18.1. The Morgan fingerprint density at radius 3 is 2.60 bits per heavy atom. The van der Waals surface area contributed by atoms with E-state index in [9.17, 15) is 9.59 Å². The van der Waals surface area contributed by atoms with Crippen molar-refractivity contribution in [3.63, 3.8) is 0 Å². The second-order valence-corrected chi connectivity index (χ2v) is 5.23. The van der Waals surface area contributed by atoms with Crippen molar-refractivity contribution in [1.29, 1.82) is 0 Å². The van der Waals surface area contributed by atoms with E-state index in [1.165, 1.54) is 4.90 Å². The van der Waals surface area contributed by atoms with E-state index < -0.39 is 0 Å². The zero-order valence-electron chi connectivity index (χ0n) is 11.8. The summed E-state index contributed by atoms with van der Waals surface area (Å²) in [6, 6.07) is 4.85. The number of anilines is 2. The maximum atomic E-state index is 11.9. The average Bonchev–Trinajstić information content (AvgIpc) is 2.86. The highest BCUT2D eigenvalue weighted by Gasteiger charge is 2.30. The molecule has 6 nitrogen and oxygen atoms in total. The maximum absolute atomic E-state index is 11.9. The number of nitrogen functional groups attached to an aromatic ring is 1. The lowest BCUT2D eigenvalue weighted by atomic mass is 10.1. The minimum Gasteiger partial charge on any atom is -0.397 e. The van der Waals surface area contributed by atoms with E-state index in [-0.39, 0.29) is 17.9 Å². The Kier molecular flexibility index (Phi) is 3.83. The number of carbonyl (C=O) groups is 2. The van der Waals surface area contributed by atoms with Gasteiger partial charge in [0.25, 0.3) is 5.91 Å². The molecule has 0 saturated carbocycles. The van der Waals surface area contributed by atoms with Gasteiger partial charge in [-0.2, -0.15) is 0 Å². The third-order valence-corrected chi connectivity index (χ3v) is 3.57. The van der Waals surface area contributed by atoms with Crippen LogP contribution in [0.25, 0.3) is 0 Å². The highest BCUT2D eigenvalue weighted by Crippen LogP contribution is 2.31. The van der Waals surface area contributed by atoms with Crippen LogP contribution < -0.4 is 16.4 Å². The number of primary amides is 1. The number of hydrogen-bond donors (Lipinski definition) is 2. The number of nitrogens with two attached hydrogens (primary N) is 2. The number of hydrogen-bond acceptors (Lipinski definition) is 4. The fourth-order valence-electron chi connectivity index (χ4n) is 2.56. The minimum absolute atomic E-state index is 0.101. The van der Waals surface area contributed by atoms with Crippen LogP contribution in [0.4, 0.5) is 11.4 Å². The van der Waals surface area contributed by atoms with Crippen LogP contribution in [0, 0.1) is 0 Å². The summed E-state index contributed by atoms with van der Waals surface area (Å²) in [5.41, 5.74) is 13.2. The first-order valence-electron chi connectivity index (χ1n) is 6.59. The predicted octanol–water partition coefficient (Wildman–Crippen LogP) is 0.425. The molecule has 108 valence electrons. The summed E-state index contributed by atoms with van der Waals surface area (Å²) in [5, 5.41) is 0. The van der Waals surface area contributed by atoms with Gasteiger partial charge in [-0.05, 0) is 31.0 Å². The van der Waals surface area contributed by atoms with Gasteiger partial charge in [0.05, 0.1) is 11.4 Å². The van der Waals surface area contributed by atoms with E-state index in [0.29, 0.717) is 11.3 Å². The standard InChI is InChI=1S/C14H20N4O2/c1-17(2)14(20)9-5-6-11(10(15)8-9)18-7-3-4-12(18)13(16)19/h5-6,8,12H,3-4,7,15H2,1-2H3,(H2,16,19). The molecule has 2 amide bonds. The van der Waals surface area contributed by atoms with Gasteiger partial charge >= 0.3 is 0 Å². The monoisotopic (exact) mass is 276 g/mol. The van der Waals surface area contributed by atoms with Crippen molar-refractivity contribution in [2.24, 2.45) is 5.73 Å². The Balaban J connectivity index is 2.30. The molecule has 1 unspecified atom stereocenters. The summed E-state index contributed by atoms with van der Waals surface area (Å²) in [6.07, 6.45) is 1.65. The van der Waals surface area contributed by atoms with Crippen LogP contribution in [0.5, 0.6) is 0 Å². The molecule has 1 atom stereocenters. The van der Waals surface area contributed by atoms with Gasteiger partial charge in [0.2, 0.25) is 5.91 Å². The smallest absolute Gasteiger partial charge is 0.253 e. The fourth-order valence-corrected chi connectivity index (χ4v) is 2.56. The molecule has 4 N–H and O–H groups in total. The van der Waals surface area contributed by atoms with Crippen molar-refractivity contribution in [3.05, 3.63) is 23.8 Å².